The van der Waals surface area contributed by atoms with E-state index in [0.29, 0.717) is 0 Å². The van der Waals surface area contributed by atoms with Crippen molar-refractivity contribution in [2.45, 2.75) is 44.4 Å². The van der Waals surface area contributed by atoms with Gasteiger partial charge in [0.2, 0.25) is 23.6 Å². The van der Waals surface area contributed by atoms with Crippen molar-refractivity contribution >= 4 is 42.2 Å². The lowest BCUT2D eigenvalue weighted by Gasteiger charge is -2.21. The van der Waals surface area contributed by atoms with Crippen LogP contribution in [0, 0.1) is 0 Å². The van der Waals surface area contributed by atoms with E-state index in [1.54, 1.807) is 0 Å². The summed E-state index contributed by atoms with van der Waals surface area (Å²) >= 11 is 3.93. The Hall–Kier alpha value is -2.34. The molecule has 25 heavy (non-hydrogen) atoms. The molecule has 0 aromatic rings. The number of hydrogen-bond acceptors (Lipinski definition) is 7. The quantitative estimate of drug-likeness (QED) is 0.194. The fourth-order valence-electron chi connectivity index (χ4n) is 1.56. The third-order valence-corrected chi connectivity index (χ3v) is 3.42. The molecule has 0 fully saturated rings. The van der Waals surface area contributed by atoms with Crippen molar-refractivity contribution in [2.75, 3.05) is 5.75 Å². The molecule has 0 aromatic heterocycles. The van der Waals surface area contributed by atoms with Crippen LogP contribution in [0.15, 0.2) is 0 Å². The third-order valence-electron chi connectivity index (χ3n) is 3.05. The number of nitrogens with two attached hydrogens (primary N) is 2. The van der Waals surface area contributed by atoms with Crippen molar-refractivity contribution in [3.8, 4) is 0 Å². The van der Waals surface area contributed by atoms with Crippen molar-refractivity contribution in [1.82, 2.24) is 16.0 Å². The average molecular weight is 377 g/mol. The van der Waals surface area contributed by atoms with Crippen LogP contribution in [-0.4, -0.2) is 64.6 Å². The van der Waals surface area contributed by atoms with Crippen LogP contribution in [0.2, 0.25) is 0 Å². The van der Waals surface area contributed by atoms with Crippen LogP contribution >= 0.6 is 12.6 Å². The van der Waals surface area contributed by atoms with E-state index in [4.69, 9.17) is 16.6 Å². The molecule has 142 valence electrons. The molecule has 4 amide bonds. The van der Waals surface area contributed by atoms with E-state index in [2.05, 4.69) is 28.6 Å². The summed E-state index contributed by atoms with van der Waals surface area (Å²) in [5.74, 6) is -4.29. The molecule has 0 radical (unpaired) electrons. The van der Waals surface area contributed by atoms with Crippen LogP contribution < -0.4 is 27.4 Å². The van der Waals surface area contributed by atoms with Gasteiger partial charge in [-0.3, -0.25) is 24.0 Å². The van der Waals surface area contributed by atoms with Crippen molar-refractivity contribution in [2.24, 2.45) is 11.5 Å². The molecule has 0 aliphatic carbocycles. The van der Waals surface area contributed by atoms with E-state index in [1.807, 2.05) is 0 Å². The molecule has 0 aromatic carbocycles. The molecule has 0 heterocycles. The second-order valence-electron chi connectivity index (χ2n) is 5.32. The van der Waals surface area contributed by atoms with Gasteiger partial charge in [0.1, 0.15) is 18.1 Å². The van der Waals surface area contributed by atoms with Gasteiger partial charge in [-0.1, -0.05) is 0 Å². The Morgan fingerprint density at radius 3 is 1.92 bits per heavy atom. The van der Waals surface area contributed by atoms with E-state index in [-0.39, 0.29) is 12.2 Å². The molecule has 4 atom stereocenters. The lowest BCUT2D eigenvalue weighted by atomic mass is 10.1. The molecule has 0 saturated carbocycles. The van der Waals surface area contributed by atoms with Crippen LogP contribution in [-0.2, 0) is 24.0 Å². The molecule has 0 aliphatic rings. The number of thiol groups is 1. The Balaban J connectivity index is 4.66. The Bertz CT molecular complexity index is 543. The highest BCUT2D eigenvalue weighted by molar-refractivity contribution is 7.80. The molecular weight excluding hydrogens is 354 g/mol. The Morgan fingerprint density at radius 1 is 0.960 bits per heavy atom. The first kappa shape index (κ1) is 22.7. The SMILES string of the molecule is CC(NC(=O)C(CS)NC(=O)C(C)NC(=O)C(N)CC(N)=O)C(=O)O. The number of rotatable bonds is 10. The first-order valence-electron chi connectivity index (χ1n) is 7.28. The molecular formula is C13H23N5O6S. The number of carboxylic acid groups (broad SMARTS) is 1. The number of amides is 4. The van der Waals surface area contributed by atoms with E-state index < -0.39 is 53.8 Å². The maximum absolute atomic E-state index is 12.0. The van der Waals surface area contributed by atoms with E-state index >= 15 is 0 Å². The van der Waals surface area contributed by atoms with Crippen LogP contribution in [0.3, 0.4) is 0 Å². The van der Waals surface area contributed by atoms with Gasteiger partial charge in [-0.2, -0.15) is 12.6 Å². The zero-order chi connectivity index (χ0) is 19.7. The number of primary amides is 1. The minimum atomic E-state index is -1.23. The minimum Gasteiger partial charge on any atom is -0.480 e. The molecule has 8 N–H and O–H groups in total. The van der Waals surface area contributed by atoms with Gasteiger partial charge in [0.15, 0.2) is 0 Å². The van der Waals surface area contributed by atoms with Gasteiger partial charge in [-0.15, -0.1) is 0 Å². The second-order valence-corrected chi connectivity index (χ2v) is 5.68. The monoisotopic (exact) mass is 377 g/mol. The van der Waals surface area contributed by atoms with Crippen molar-refractivity contribution in [3.05, 3.63) is 0 Å². The highest BCUT2D eigenvalue weighted by Gasteiger charge is 2.26. The predicted octanol–water partition coefficient (Wildman–Crippen LogP) is -3.30. The molecule has 4 unspecified atom stereocenters. The largest absolute Gasteiger partial charge is 0.480 e. The molecule has 12 heteroatoms. The van der Waals surface area contributed by atoms with Gasteiger partial charge in [0.25, 0.3) is 0 Å². The van der Waals surface area contributed by atoms with E-state index in [9.17, 15) is 24.0 Å². The zero-order valence-electron chi connectivity index (χ0n) is 13.8. The number of aliphatic carboxylic acids is 1. The smallest absolute Gasteiger partial charge is 0.325 e. The number of carboxylic acids is 1. The summed E-state index contributed by atoms with van der Waals surface area (Å²) in [6.07, 6.45) is -0.380. The number of hydrogen-bond donors (Lipinski definition) is 7. The van der Waals surface area contributed by atoms with E-state index in [0.717, 1.165) is 0 Å². The van der Waals surface area contributed by atoms with Gasteiger partial charge in [0.05, 0.1) is 12.5 Å². The van der Waals surface area contributed by atoms with Crippen LogP contribution in [0.5, 0.6) is 0 Å². The summed E-state index contributed by atoms with van der Waals surface area (Å²) in [7, 11) is 0. The van der Waals surface area contributed by atoms with Crippen LogP contribution in [0.1, 0.15) is 20.3 Å². The van der Waals surface area contributed by atoms with Crippen molar-refractivity contribution in [1.29, 1.82) is 0 Å². The molecule has 0 spiro atoms. The van der Waals surface area contributed by atoms with Crippen LogP contribution in [0.25, 0.3) is 0 Å². The van der Waals surface area contributed by atoms with Crippen molar-refractivity contribution < 1.29 is 29.1 Å². The molecule has 0 bridgehead atoms. The lowest BCUT2D eigenvalue weighted by molar-refractivity contribution is -0.141. The van der Waals surface area contributed by atoms with Crippen LogP contribution in [0.4, 0.5) is 0 Å². The average Bonchev–Trinajstić information content (AvgIpc) is 2.50. The Morgan fingerprint density at radius 2 is 1.48 bits per heavy atom. The third kappa shape index (κ3) is 8.35. The first-order chi connectivity index (χ1) is 11.5. The van der Waals surface area contributed by atoms with Gasteiger partial charge < -0.3 is 32.5 Å². The topological polar surface area (TPSA) is 194 Å². The van der Waals surface area contributed by atoms with Gasteiger partial charge in [-0.05, 0) is 13.8 Å². The highest BCUT2D eigenvalue weighted by Crippen LogP contribution is 1.95. The lowest BCUT2D eigenvalue weighted by Crippen LogP contribution is -2.56. The van der Waals surface area contributed by atoms with Gasteiger partial charge >= 0.3 is 5.97 Å². The highest BCUT2D eigenvalue weighted by atomic mass is 32.1. The second kappa shape index (κ2) is 10.5. The number of carbonyl (C=O) groups excluding carboxylic acids is 4. The molecule has 0 rings (SSSR count). The fraction of sp³-hybridized carbons (Fsp3) is 0.615. The Kier molecular flexibility index (Phi) is 9.53. The summed E-state index contributed by atoms with van der Waals surface area (Å²) in [6, 6.07) is -4.50. The molecule has 11 nitrogen and oxygen atoms in total. The number of nitrogens with one attached hydrogen (secondary N) is 3. The van der Waals surface area contributed by atoms with Gasteiger partial charge in [-0.25, -0.2) is 0 Å². The molecule has 0 saturated heterocycles. The maximum atomic E-state index is 12.0. The summed E-state index contributed by atoms with van der Waals surface area (Å²) < 4.78 is 0. The maximum Gasteiger partial charge on any atom is 0.325 e. The van der Waals surface area contributed by atoms with Crippen molar-refractivity contribution in [3.63, 3.8) is 0 Å². The molecule has 0 aliphatic heterocycles. The number of carbonyl (C=O) groups is 5. The van der Waals surface area contributed by atoms with Gasteiger partial charge in [0, 0.05) is 5.75 Å². The minimum absolute atomic E-state index is 0.0915. The fourth-order valence-corrected chi connectivity index (χ4v) is 1.82. The summed E-state index contributed by atoms with van der Waals surface area (Å²) in [6.45, 7) is 2.61. The Labute approximate surface area is 149 Å². The summed E-state index contributed by atoms with van der Waals surface area (Å²) in [5, 5.41) is 15.6. The zero-order valence-corrected chi connectivity index (χ0v) is 14.7. The summed E-state index contributed by atoms with van der Waals surface area (Å²) in [5.41, 5.74) is 10.4. The predicted molar refractivity (Wildman–Crippen MR) is 90.4 cm³/mol. The first-order valence-corrected chi connectivity index (χ1v) is 7.91. The standard InChI is InChI=1S/C13H23N5O6S/c1-5(16-11(21)7(14)3-9(15)19)10(20)18-8(4-25)12(22)17-6(2)13(23)24/h5-8,25H,3-4,14H2,1-2H3,(H2,15,19)(H,16,21)(H,17,22)(H,18,20)(H,23,24). The van der Waals surface area contributed by atoms with E-state index in [1.165, 1.54) is 13.8 Å². The summed E-state index contributed by atoms with van der Waals surface area (Å²) in [4.78, 5) is 57.1. The normalized spacial score (nSPS) is 15.2.